The fraction of sp³-hybridized carbons (Fsp3) is 0.481. The molecule has 2 aliphatic heterocycles. The molecule has 3 heterocycles. The van der Waals surface area contributed by atoms with E-state index in [2.05, 4.69) is 21.3 Å². The first-order valence-electron chi connectivity index (χ1n) is 11.8. The zero-order valence-corrected chi connectivity index (χ0v) is 20.1. The van der Waals surface area contributed by atoms with E-state index < -0.39 is 5.41 Å². The number of hydrogen-bond donors (Lipinski definition) is 1. The van der Waals surface area contributed by atoms with Crippen molar-refractivity contribution in [3.8, 4) is 11.5 Å². The molecule has 0 radical (unpaired) electrons. The predicted octanol–water partition coefficient (Wildman–Crippen LogP) is 4.48. The van der Waals surface area contributed by atoms with E-state index >= 15 is 0 Å². The molecular formula is C27H35N3O3. The van der Waals surface area contributed by atoms with Crippen molar-refractivity contribution in [2.45, 2.75) is 39.7 Å². The van der Waals surface area contributed by atoms with Gasteiger partial charge in [0.15, 0.2) is 0 Å². The van der Waals surface area contributed by atoms with Gasteiger partial charge in [-0.3, -0.25) is 14.7 Å². The number of aromatic nitrogens is 1. The van der Waals surface area contributed by atoms with Gasteiger partial charge in [-0.25, -0.2) is 0 Å². The molecule has 1 N–H and O–H groups in total. The van der Waals surface area contributed by atoms with Crippen molar-refractivity contribution in [2.75, 3.05) is 33.4 Å². The summed E-state index contributed by atoms with van der Waals surface area (Å²) < 4.78 is 11.4. The zero-order chi connectivity index (χ0) is 23.4. The van der Waals surface area contributed by atoms with Crippen molar-refractivity contribution in [3.05, 3.63) is 59.4 Å². The quantitative estimate of drug-likeness (QED) is 0.704. The third kappa shape index (κ3) is 5.74. The molecule has 4 rings (SSSR count). The molecule has 0 bridgehead atoms. The Kier molecular flexibility index (Phi) is 7.03. The van der Waals surface area contributed by atoms with Crippen molar-refractivity contribution in [3.63, 3.8) is 0 Å². The number of amides is 1. The summed E-state index contributed by atoms with van der Waals surface area (Å²) in [6, 6.07) is 11.8. The minimum atomic E-state index is -0.444. The van der Waals surface area contributed by atoms with Crippen molar-refractivity contribution in [1.82, 2.24) is 15.2 Å². The lowest BCUT2D eigenvalue weighted by Crippen LogP contribution is -2.46. The molecule has 1 fully saturated rings. The Bertz CT molecular complexity index is 997. The number of nitrogens with one attached hydrogen (secondary N) is 1. The minimum Gasteiger partial charge on any atom is -0.497 e. The van der Waals surface area contributed by atoms with E-state index in [0.717, 1.165) is 55.2 Å². The summed E-state index contributed by atoms with van der Waals surface area (Å²) in [7, 11) is 1.68. The lowest BCUT2D eigenvalue weighted by molar-refractivity contribution is -0.129. The van der Waals surface area contributed by atoms with E-state index in [1.807, 2.05) is 63.4 Å². The topological polar surface area (TPSA) is 63.7 Å². The Labute approximate surface area is 197 Å². The fourth-order valence-corrected chi connectivity index (χ4v) is 4.57. The molecule has 6 nitrogen and oxygen atoms in total. The SMILES string of the molecule is COc1ccc2c(c1)C=C(CN1CCC[C@H]([C@H](NC(=O)C(C)(C)C)c3ccccn3)C1)CO2. The second kappa shape index (κ2) is 9.96. The van der Waals surface area contributed by atoms with Gasteiger partial charge in [-0.1, -0.05) is 26.8 Å². The summed E-state index contributed by atoms with van der Waals surface area (Å²) in [4.78, 5) is 19.9. The van der Waals surface area contributed by atoms with Gasteiger partial charge in [0, 0.05) is 30.3 Å². The number of likely N-dealkylation sites (tertiary alicyclic amines) is 1. The molecule has 1 amide bonds. The van der Waals surface area contributed by atoms with Gasteiger partial charge in [0.1, 0.15) is 18.1 Å². The molecule has 1 aromatic heterocycles. The van der Waals surface area contributed by atoms with Gasteiger partial charge in [0.05, 0.1) is 18.8 Å². The minimum absolute atomic E-state index is 0.0595. The van der Waals surface area contributed by atoms with E-state index in [-0.39, 0.29) is 11.9 Å². The number of hydrogen-bond acceptors (Lipinski definition) is 5. The third-order valence-corrected chi connectivity index (χ3v) is 6.40. The lowest BCUT2D eigenvalue weighted by atomic mass is 9.86. The molecule has 0 aliphatic carbocycles. The highest BCUT2D eigenvalue weighted by Crippen LogP contribution is 2.33. The summed E-state index contributed by atoms with van der Waals surface area (Å²) in [5.41, 5.74) is 2.81. The first kappa shape index (κ1) is 23.3. The van der Waals surface area contributed by atoms with Gasteiger partial charge in [0.25, 0.3) is 0 Å². The van der Waals surface area contributed by atoms with E-state index in [9.17, 15) is 4.79 Å². The van der Waals surface area contributed by atoms with Crippen LogP contribution in [-0.2, 0) is 4.79 Å². The largest absolute Gasteiger partial charge is 0.497 e. The van der Waals surface area contributed by atoms with Gasteiger partial charge < -0.3 is 14.8 Å². The number of methoxy groups -OCH3 is 1. The number of carbonyl (C=O) groups is 1. The average molecular weight is 450 g/mol. The molecular weight excluding hydrogens is 414 g/mol. The first-order chi connectivity index (χ1) is 15.8. The van der Waals surface area contributed by atoms with Crippen LogP contribution in [0.15, 0.2) is 48.2 Å². The zero-order valence-electron chi connectivity index (χ0n) is 20.1. The molecule has 6 heteroatoms. The van der Waals surface area contributed by atoms with Gasteiger partial charge in [-0.15, -0.1) is 0 Å². The summed E-state index contributed by atoms with van der Waals surface area (Å²) in [6.45, 7) is 9.27. The molecule has 2 aliphatic rings. The summed E-state index contributed by atoms with van der Waals surface area (Å²) in [6.07, 6.45) is 6.19. The van der Waals surface area contributed by atoms with E-state index in [1.165, 1.54) is 5.57 Å². The third-order valence-electron chi connectivity index (χ3n) is 6.40. The number of carbonyl (C=O) groups excluding carboxylic acids is 1. The molecule has 33 heavy (non-hydrogen) atoms. The molecule has 1 saturated heterocycles. The maximum atomic E-state index is 12.9. The molecule has 1 aromatic carbocycles. The van der Waals surface area contributed by atoms with E-state index in [0.29, 0.717) is 12.5 Å². The van der Waals surface area contributed by atoms with Gasteiger partial charge in [-0.2, -0.15) is 0 Å². The second-order valence-corrected chi connectivity index (χ2v) is 10.1. The van der Waals surface area contributed by atoms with E-state index in [4.69, 9.17) is 9.47 Å². The molecule has 176 valence electrons. The van der Waals surface area contributed by atoms with Crippen molar-refractivity contribution < 1.29 is 14.3 Å². The van der Waals surface area contributed by atoms with Crippen molar-refractivity contribution >= 4 is 12.0 Å². The summed E-state index contributed by atoms with van der Waals surface area (Å²) in [5, 5.41) is 3.31. The highest BCUT2D eigenvalue weighted by molar-refractivity contribution is 5.81. The molecule has 0 unspecified atom stereocenters. The average Bonchev–Trinajstić information content (AvgIpc) is 2.82. The van der Waals surface area contributed by atoms with Crippen molar-refractivity contribution in [1.29, 1.82) is 0 Å². The molecule has 0 spiro atoms. The lowest BCUT2D eigenvalue weighted by Gasteiger charge is -2.38. The second-order valence-electron chi connectivity index (χ2n) is 10.1. The van der Waals surface area contributed by atoms with Crippen LogP contribution in [0.2, 0.25) is 0 Å². The van der Waals surface area contributed by atoms with Crippen LogP contribution in [0, 0.1) is 11.3 Å². The van der Waals surface area contributed by atoms with Crippen LogP contribution in [0.4, 0.5) is 0 Å². The summed E-state index contributed by atoms with van der Waals surface area (Å²) in [5.74, 6) is 2.10. The highest BCUT2D eigenvalue weighted by atomic mass is 16.5. The number of ether oxygens (including phenoxy) is 2. The van der Waals surface area contributed by atoms with Gasteiger partial charge >= 0.3 is 0 Å². The maximum absolute atomic E-state index is 12.9. The van der Waals surface area contributed by atoms with E-state index in [1.54, 1.807) is 7.11 Å². The predicted molar refractivity (Wildman–Crippen MR) is 130 cm³/mol. The Hall–Kier alpha value is -2.86. The number of nitrogens with zero attached hydrogens (tertiary/aromatic N) is 2. The summed E-state index contributed by atoms with van der Waals surface area (Å²) >= 11 is 0. The number of pyridine rings is 1. The van der Waals surface area contributed by atoms with Gasteiger partial charge in [-0.05, 0) is 67.3 Å². The van der Waals surface area contributed by atoms with Crippen LogP contribution < -0.4 is 14.8 Å². The van der Waals surface area contributed by atoms with Crippen LogP contribution in [-0.4, -0.2) is 49.1 Å². The van der Waals surface area contributed by atoms with Crippen LogP contribution >= 0.6 is 0 Å². The van der Waals surface area contributed by atoms with Crippen LogP contribution in [0.5, 0.6) is 11.5 Å². The van der Waals surface area contributed by atoms with Crippen molar-refractivity contribution in [2.24, 2.45) is 11.3 Å². The monoisotopic (exact) mass is 449 g/mol. The van der Waals surface area contributed by atoms with Crippen LogP contribution in [0.3, 0.4) is 0 Å². The Morgan fingerprint density at radius 2 is 2.15 bits per heavy atom. The highest BCUT2D eigenvalue weighted by Gasteiger charge is 2.33. The number of fused-ring (bicyclic) bond motifs is 1. The number of benzene rings is 1. The van der Waals surface area contributed by atoms with Crippen LogP contribution in [0.1, 0.15) is 50.9 Å². The van der Waals surface area contributed by atoms with Crippen LogP contribution in [0.25, 0.3) is 6.08 Å². The smallest absolute Gasteiger partial charge is 0.225 e. The Morgan fingerprint density at radius 1 is 1.30 bits per heavy atom. The molecule has 0 saturated carbocycles. The fourth-order valence-electron chi connectivity index (χ4n) is 4.57. The normalized spacial score (nSPS) is 19.6. The first-order valence-corrected chi connectivity index (χ1v) is 11.8. The van der Waals surface area contributed by atoms with Gasteiger partial charge in [0.2, 0.25) is 5.91 Å². The molecule has 2 atom stereocenters. The number of rotatable bonds is 6. The standard InChI is InChI=1S/C27H35N3O3/c1-27(2,3)26(31)29-25(23-9-5-6-12-28-23)20-8-7-13-30(17-20)16-19-14-21-15-22(32-4)10-11-24(21)33-18-19/h5-6,9-12,14-15,20,25H,7-8,13,16-18H2,1-4H3,(H,29,31)/t20-,25-/m0/s1. The number of piperidine rings is 1. The maximum Gasteiger partial charge on any atom is 0.225 e. The molecule has 2 aromatic rings. The Balaban J connectivity index is 1.49. The Morgan fingerprint density at radius 3 is 2.88 bits per heavy atom.